The zero-order chi connectivity index (χ0) is 17.4. The fourth-order valence-electron chi connectivity index (χ4n) is 3.00. The lowest BCUT2D eigenvalue weighted by Gasteiger charge is -2.23. The minimum atomic E-state index is -0.0807. The second-order valence-corrected chi connectivity index (χ2v) is 6.53. The quantitative estimate of drug-likeness (QED) is 0.767. The van der Waals surface area contributed by atoms with E-state index in [0.29, 0.717) is 13.0 Å². The SMILES string of the molecule is CC[C@@H](C)NC(=O)CCNC(=O)[C@H]1CCCN1Cc1ccccc1. The molecule has 1 aliphatic heterocycles. The summed E-state index contributed by atoms with van der Waals surface area (Å²) >= 11 is 0. The summed E-state index contributed by atoms with van der Waals surface area (Å²) in [5.41, 5.74) is 1.23. The molecule has 132 valence electrons. The number of nitrogens with zero attached hydrogens (tertiary/aromatic N) is 1. The predicted molar refractivity (Wildman–Crippen MR) is 95.4 cm³/mol. The summed E-state index contributed by atoms with van der Waals surface area (Å²) in [4.78, 5) is 26.4. The fourth-order valence-corrected chi connectivity index (χ4v) is 3.00. The summed E-state index contributed by atoms with van der Waals surface area (Å²) in [6, 6.07) is 10.3. The lowest BCUT2D eigenvalue weighted by atomic mass is 10.1. The van der Waals surface area contributed by atoms with E-state index < -0.39 is 0 Å². The van der Waals surface area contributed by atoms with Crippen LogP contribution in [0.1, 0.15) is 45.1 Å². The topological polar surface area (TPSA) is 61.4 Å². The molecule has 0 saturated carbocycles. The first-order valence-electron chi connectivity index (χ1n) is 8.95. The van der Waals surface area contributed by atoms with Crippen LogP contribution in [0.2, 0.25) is 0 Å². The summed E-state index contributed by atoms with van der Waals surface area (Å²) in [6.45, 7) is 6.16. The molecule has 0 bridgehead atoms. The van der Waals surface area contributed by atoms with E-state index in [1.165, 1.54) is 5.56 Å². The smallest absolute Gasteiger partial charge is 0.237 e. The summed E-state index contributed by atoms with van der Waals surface area (Å²) < 4.78 is 0. The van der Waals surface area contributed by atoms with Crippen LogP contribution in [0, 0.1) is 0 Å². The maximum atomic E-state index is 12.4. The van der Waals surface area contributed by atoms with Crippen molar-refractivity contribution < 1.29 is 9.59 Å². The number of amides is 2. The summed E-state index contributed by atoms with van der Waals surface area (Å²) in [6.07, 6.45) is 3.17. The number of hydrogen-bond donors (Lipinski definition) is 2. The Kier molecular flexibility index (Phi) is 7.25. The number of likely N-dealkylation sites (tertiary alicyclic amines) is 1. The lowest BCUT2D eigenvalue weighted by Crippen LogP contribution is -2.44. The van der Waals surface area contributed by atoms with E-state index in [1.54, 1.807) is 0 Å². The van der Waals surface area contributed by atoms with Gasteiger partial charge in [0, 0.05) is 25.6 Å². The van der Waals surface area contributed by atoms with E-state index >= 15 is 0 Å². The molecule has 1 heterocycles. The van der Waals surface area contributed by atoms with Crippen LogP contribution < -0.4 is 10.6 Å². The zero-order valence-corrected chi connectivity index (χ0v) is 14.8. The molecule has 0 unspecified atom stereocenters. The van der Waals surface area contributed by atoms with Gasteiger partial charge in [-0.2, -0.15) is 0 Å². The van der Waals surface area contributed by atoms with Gasteiger partial charge in [0.25, 0.3) is 0 Å². The summed E-state index contributed by atoms with van der Waals surface area (Å²) in [5, 5.41) is 5.83. The van der Waals surface area contributed by atoms with Crippen LogP contribution >= 0.6 is 0 Å². The highest BCUT2D eigenvalue weighted by atomic mass is 16.2. The molecule has 1 aromatic rings. The van der Waals surface area contributed by atoms with Gasteiger partial charge in [-0.15, -0.1) is 0 Å². The van der Waals surface area contributed by atoms with Crippen molar-refractivity contribution in [3.63, 3.8) is 0 Å². The normalized spacial score (nSPS) is 19.0. The number of hydrogen-bond acceptors (Lipinski definition) is 3. The largest absolute Gasteiger partial charge is 0.354 e. The first-order valence-corrected chi connectivity index (χ1v) is 8.95. The van der Waals surface area contributed by atoms with Gasteiger partial charge in [0.2, 0.25) is 11.8 Å². The molecule has 1 fully saturated rings. The van der Waals surface area contributed by atoms with Gasteiger partial charge in [-0.3, -0.25) is 14.5 Å². The number of nitrogens with one attached hydrogen (secondary N) is 2. The Labute approximate surface area is 144 Å². The van der Waals surface area contributed by atoms with Crippen molar-refractivity contribution >= 4 is 11.8 Å². The summed E-state index contributed by atoms with van der Waals surface area (Å²) in [7, 11) is 0. The molecule has 0 aromatic heterocycles. The standard InChI is InChI=1S/C19H29N3O2/c1-3-15(2)21-18(23)11-12-20-19(24)17-10-7-13-22(17)14-16-8-5-4-6-9-16/h4-6,8-9,15,17H,3,7,10-14H2,1-2H3,(H,20,24)(H,21,23)/t15-,17-/m1/s1. The molecular weight excluding hydrogens is 302 g/mol. The Balaban J connectivity index is 1.75. The molecule has 5 nitrogen and oxygen atoms in total. The third-order valence-corrected chi connectivity index (χ3v) is 4.57. The third kappa shape index (κ3) is 5.64. The van der Waals surface area contributed by atoms with Gasteiger partial charge in [-0.05, 0) is 38.3 Å². The molecule has 1 aromatic carbocycles. The van der Waals surface area contributed by atoms with Crippen LogP contribution in [0.4, 0.5) is 0 Å². The zero-order valence-electron chi connectivity index (χ0n) is 14.8. The molecule has 0 spiro atoms. The molecule has 1 saturated heterocycles. The summed E-state index contributed by atoms with van der Waals surface area (Å²) in [5.74, 6) is 0.0389. The van der Waals surface area contributed by atoms with Crippen molar-refractivity contribution in [2.45, 2.75) is 58.2 Å². The van der Waals surface area contributed by atoms with Crippen LogP contribution in [-0.2, 0) is 16.1 Å². The third-order valence-electron chi connectivity index (χ3n) is 4.57. The number of benzene rings is 1. The Morgan fingerprint density at radius 1 is 1.29 bits per heavy atom. The van der Waals surface area contributed by atoms with Gasteiger partial charge >= 0.3 is 0 Å². The Bertz CT molecular complexity index is 533. The fraction of sp³-hybridized carbons (Fsp3) is 0.579. The first kappa shape index (κ1) is 18.5. The molecular formula is C19H29N3O2. The van der Waals surface area contributed by atoms with E-state index in [1.807, 2.05) is 32.0 Å². The van der Waals surface area contributed by atoms with Crippen molar-refractivity contribution in [3.05, 3.63) is 35.9 Å². The molecule has 2 amide bonds. The Morgan fingerprint density at radius 2 is 2.04 bits per heavy atom. The van der Waals surface area contributed by atoms with Gasteiger partial charge in [0.05, 0.1) is 6.04 Å². The number of rotatable bonds is 8. The molecule has 2 rings (SSSR count). The average Bonchev–Trinajstić information content (AvgIpc) is 3.03. The minimum Gasteiger partial charge on any atom is -0.354 e. The highest BCUT2D eigenvalue weighted by Gasteiger charge is 2.30. The van der Waals surface area contributed by atoms with E-state index in [9.17, 15) is 9.59 Å². The van der Waals surface area contributed by atoms with Gasteiger partial charge in [0.15, 0.2) is 0 Å². The minimum absolute atomic E-state index is 0.00258. The van der Waals surface area contributed by atoms with Crippen molar-refractivity contribution in [2.24, 2.45) is 0 Å². The molecule has 1 aliphatic rings. The van der Waals surface area contributed by atoms with Crippen molar-refractivity contribution in [2.75, 3.05) is 13.1 Å². The van der Waals surface area contributed by atoms with Crippen molar-refractivity contribution in [1.29, 1.82) is 0 Å². The second-order valence-electron chi connectivity index (χ2n) is 6.53. The Hall–Kier alpha value is -1.88. The first-order chi connectivity index (χ1) is 11.6. The molecule has 2 atom stereocenters. The van der Waals surface area contributed by atoms with E-state index in [4.69, 9.17) is 0 Å². The van der Waals surface area contributed by atoms with Gasteiger partial charge < -0.3 is 10.6 Å². The maximum absolute atomic E-state index is 12.4. The second kappa shape index (κ2) is 9.42. The van der Waals surface area contributed by atoms with E-state index in [2.05, 4.69) is 27.7 Å². The molecule has 2 N–H and O–H groups in total. The molecule has 0 radical (unpaired) electrons. The van der Waals surface area contributed by atoms with Gasteiger partial charge in [-0.1, -0.05) is 37.3 Å². The van der Waals surface area contributed by atoms with Crippen molar-refractivity contribution in [3.8, 4) is 0 Å². The molecule has 5 heteroatoms. The van der Waals surface area contributed by atoms with Gasteiger partial charge in [-0.25, -0.2) is 0 Å². The maximum Gasteiger partial charge on any atom is 0.237 e. The monoisotopic (exact) mass is 331 g/mol. The Morgan fingerprint density at radius 3 is 2.75 bits per heavy atom. The van der Waals surface area contributed by atoms with Crippen LogP contribution in [0.5, 0.6) is 0 Å². The number of carbonyl (C=O) groups is 2. The van der Waals surface area contributed by atoms with E-state index in [0.717, 1.165) is 32.4 Å². The van der Waals surface area contributed by atoms with Crippen LogP contribution in [0.15, 0.2) is 30.3 Å². The highest BCUT2D eigenvalue weighted by Crippen LogP contribution is 2.20. The lowest BCUT2D eigenvalue weighted by molar-refractivity contribution is -0.126. The van der Waals surface area contributed by atoms with Gasteiger partial charge in [0.1, 0.15) is 0 Å². The van der Waals surface area contributed by atoms with Crippen LogP contribution in [-0.4, -0.2) is 41.9 Å². The molecule has 24 heavy (non-hydrogen) atoms. The number of carbonyl (C=O) groups excluding carboxylic acids is 2. The van der Waals surface area contributed by atoms with Crippen LogP contribution in [0.25, 0.3) is 0 Å². The average molecular weight is 331 g/mol. The predicted octanol–water partition coefficient (Wildman–Crippen LogP) is 2.07. The molecule has 0 aliphatic carbocycles. The highest BCUT2D eigenvalue weighted by molar-refractivity contribution is 5.83. The van der Waals surface area contributed by atoms with Crippen LogP contribution in [0.3, 0.4) is 0 Å². The van der Waals surface area contributed by atoms with E-state index in [-0.39, 0.29) is 23.9 Å². The van der Waals surface area contributed by atoms with Crippen molar-refractivity contribution in [1.82, 2.24) is 15.5 Å².